The van der Waals surface area contributed by atoms with E-state index in [0.717, 1.165) is 16.9 Å². The van der Waals surface area contributed by atoms with Crippen molar-refractivity contribution in [2.24, 2.45) is 5.10 Å². The predicted molar refractivity (Wildman–Crippen MR) is 135 cm³/mol. The Morgan fingerprint density at radius 1 is 1.00 bits per heavy atom. The maximum Gasteiger partial charge on any atom is 0.255 e. The molecule has 6 nitrogen and oxygen atoms in total. The van der Waals surface area contributed by atoms with E-state index in [9.17, 15) is 9.59 Å². The van der Waals surface area contributed by atoms with Crippen molar-refractivity contribution in [1.82, 2.24) is 5.43 Å². The van der Waals surface area contributed by atoms with Gasteiger partial charge in [0.25, 0.3) is 5.91 Å². The van der Waals surface area contributed by atoms with Gasteiger partial charge in [-0.2, -0.15) is 5.10 Å². The summed E-state index contributed by atoms with van der Waals surface area (Å²) in [6.07, 6.45) is 0. The molecule has 2 N–H and O–H groups in total. The van der Waals surface area contributed by atoms with Gasteiger partial charge in [0, 0.05) is 22.0 Å². The van der Waals surface area contributed by atoms with Crippen LogP contribution in [-0.4, -0.2) is 30.4 Å². The molecule has 0 spiro atoms. The van der Waals surface area contributed by atoms with Crippen LogP contribution >= 0.6 is 23.4 Å². The van der Waals surface area contributed by atoms with Crippen molar-refractivity contribution in [3.8, 4) is 5.75 Å². The zero-order valence-electron chi connectivity index (χ0n) is 18.3. The Hall–Kier alpha value is -3.29. The number of nitrogens with zero attached hydrogens (tertiary/aromatic N) is 1. The maximum atomic E-state index is 12.4. The first-order valence-electron chi connectivity index (χ1n) is 10.2. The van der Waals surface area contributed by atoms with Crippen LogP contribution in [0.2, 0.25) is 5.02 Å². The third-order valence-electron chi connectivity index (χ3n) is 4.63. The van der Waals surface area contributed by atoms with Crippen LogP contribution in [-0.2, 0) is 10.5 Å². The van der Waals surface area contributed by atoms with E-state index in [-0.39, 0.29) is 11.8 Å². The monoisotopic (exact) mass is 481 g/mol. The Balaban J connectivity index is 1.51. The van der Waals surface area contributed by atoms with Gasteiger partial charge in [-0.05, 0) is 60.5 Å². The molecule has 0 radical (unpaired) electrons. The number of anilines is 1. The van der Waals surface area contributed by atoms with E-state index >= 15 is 0 Å². The summed E-state index contributed by atoms with van der Waals surface area (Å²) in [4.78, 5) is 24.6. The van der Waals surface area contributed by atoms with Crippen LogP contribution in [0, 0.1) is 0 Å². The number of carbonyl (C=O) groups is 2. The largest absolute Gasteiger partial charge is 0.497 e. The molecule has 170 valence electrons. The molecule has 3 rings (SSSR count). The number of nitrogens with one attached hydrogen (secondary N) is 2. The van der Waals surface area contributed by atoms with Gasteiger partial charge < -0.3 is 10.1 Å². The predicted octanol–water partition coefficient (Wildman–Crippen LogP) is 5.37. The fourth-order valence-corrected chi connectivity index (χ4v) is 3.85. The normalized spacial score (nSPS) is 11.1. The van der Waals surface area contributed by atoms with Crippen LogP contribution in [0.1, 0.15) is 28.4 Å². The molecule has 0 aliphatic rings. The molecule has 2 amide bonds. The van der Waals surface area contributed by atoms with Crippen molar-refractivity contribution in [3.05, 3.63) is 94.5 Å². The summed E-state index contributed by atoms with van der Waals surface area (Å²) in [6.45, 7) is 1.79. The number of ether oxygens (including phenoxy) is 1. The molecule has 8 heteroatoms. The van der Waals surface area contributed by atoms with E-state index in [1.165, 1.54) is 11.8 Å². The Morgan fingerprint density at radius 2 is 1.73 bits per heavy atom. The number of benzene rings is 3. The minimum atomic E-state index is -0.258. The van der Waals surface area contributed by atoms with Crippen LogP contribution in [0.3, 0.4) is 0 Å². The number of hydrogen-bond donors (Lipinski definition) is 2. The third kappa shape index (κ3) is 7.66. The highest BCUT2D eigenvalue weighted by molar-refractivity contribution is 7.99. The lowest BCUT2D eigenvalue weighted by atomic mass is 10.1. The van der Waals surface area contributed by atoms with E-state index in [4.69, 9.17) is 16.3 Å². The molecule has 0 aliphatic heterocycles. The van der Waals surface area contributed by atoms with Gasteiger partial charge >= 0.3 is 0 Å². The van der Waals surface area contributed by atoms with Gasteiger partial charge in [0.05, 0.1) is 18.6 Å². The Kier molecular flexibility index (Phi) is 8.92. The molecule has 0 aromatic heterocycles. The van der Waals surface area contributed by atoms with Gasteiger partial charge in [0.15, 0.2) is 0 Å². The first-order chi connectivity index (χ1) is 15.9. The number of halogens is 1. The highest BCUT2D eigenvalue weighted by Crippen LogP contribution is 2.17. The highest BCUT2D eigenvalue weighted by Gasteiger charge is 2.08. The average Bonchev–Trinajstić information content (AvgIpc) is 2.83. The van der Waals surface area contributed by atoms with E-state index < -0.39 is 0 Å². The summed E-state index contributed by atoms with van der Waals surface area (Å²) in [6, 6.07) is 21.7. The first kappa shape index (κ1) is 24.4. The van der Waals surface area contributed by atoms with Gasteiger partial charge in [-0.25, -0.2) is 5.43 Å². The van der Waals surface area contributed by atoms with Crippen LogP contribution in [0.15, 0.2) is 77.9 Å². The van der Waals surface area contributed by atoms with Gasteiger partial charge in [0.1, 0.15) is 5.75 Å². The molecule has 0 unspecified atom stereocenters. The summed E-state index contributed by atoms with van der Waals surface area (Å²) in [5, 5.41) is 7.53. The number of hydrogen-bond acceptors (Lipinski definition) is 5. The molecule has 0 saturated heterocycles. The lowest BCUT2D eigenvalue weighted by molar-refractivity contribution is -0.118. The number of thioether (sulfide) groups is 1. The third-order valence-corrected chi connectivity index (χ3v) is 5.87. The Bertz CT molecular complexity index is 1150. The molecule has 0 heterocycles. The van der Waals surface area contributed by atoms with Gasteiger partial charge in [-0.15, -0.1) is 11.8 Å². The average molecular weight is 482 g/mol. The molecule has 0 fully saturated rings. The minimum Gasteiger partial charge on any atom is -0.497 e. The molecule has 0 atom stereocenters. The van der Waals surface area contributed by atoms with Crippen LogP contribution < -0.4 is 15.5 Å². The summed E-state index contributed by atoms with van der Waals surface area (Å²) < 4.78 is 5.14. The standard InChI is InChI=1S/C25H24ClN3O3S/c1-17(28-29-24(30)16-33-15-18-9-11-23(32-2)12-10-18)19-5-4-8-22(14-19)27-25(31)20-6-3-7-21(26)13-20/h3-14H,15-16H2,1-2H3,(H,27,31)(H,29,30)/b28-17-. The van der Waals surface area contributed by atoms with Crippen LogP contribution in [0.4, 0.5) is 5.69 Å². The van der Waals surface area contributed by atoms with Gasteiger partial charge in [-0.1, -0.05) is 41.9 Å². The molecule has 0 saturated carbocycles. The van der Waals surface area contributed by atoms with Crippen molar-refractivity contribution in [1.29, 1.82) is 0 Å². The van der Waals surface area contributed by atoms with Crippen LogP contribution in [0.25, 0.3) is 0 Å². The highest BCUT2D eigenvalue weighted by atomic mass is 35.5. The van der Waals surface area contributed by atoms with E-state index in [1.807, 2.05) is 36.4 Å². The maximum absolute atomic E-state index is 12.4. The molecule has 0 aliphatic carbocycles. The zero-order valence-corrected chi connectivity index (χ0v) is 19.9. The summed E-state index contributed by atoms with van der Waals surface area (Å²) >= 11 is 7.46. The van der Waals surface area contributed by atoms with Crippen molar-refractivity contribution in [2.45, 2.75) is 12.7 Å². The summed E-state index contributed by atoms with van der Waals surface area (Å²) in [7, 11) is 1.63. The second-order valence-corrected chi connectivity index (χ2v) is 8.54. The van der Waals surface area contributed by atoms with Crippen molar-refractivity contribution in [3.63, 3.8) is 0 Å². The lowest BCUT2D eigenvalue weighted by Gasteiger charge is -2.08. The van der Waals surface area contributed by atoms with Crippen molar-refractivity contribution >= 4 is 46.6 Å². The summed E-state index contributed by atoms with van der Waals surface area (Å²) in [5.74, 6) is 1.37. The molecule has 33 heavy (non-hydrogen) atoms. The van der Waals surface area contributed by atoms with Gasteiger partial charge in [-0.3, -0.25) is 9.59 Å². The minimum absolute atomic E-state index is 0.182. The summed E-state index contributed by atoms with van der Waals surface area (Å²) in [5.41, 5.74) is 6.20. The second kappa shape index (κ2) is 12.1. The molecular weight excluding hydrogens is 458 g/mol. The molecule has 0 bridgehead atoms. The zero-order chi connectivity index (χ0) is 23.6. The van der Waals surface area contributed by atoms with E-state index in [1.54, 1.807) is 50.4 Å². The fraction of sp³-hybridized carbons (Fsp3) is 0.160. The topological polar surface area (TPSA) is 79.8 Å². The van der Waals surface area contributed by atoms with E-state index in [2.05, 4.69) is 15.8 Å². The number of hydrazone groups is 1. The number of amides is 2. The Labute approximate surface area is 202 Å². The Morgan fingerprint density at radius 3 is 2.45 bits per heavy atom. The van der Waals surface area contributed by atoms with Gasteiger partial charge in [0.2, 0.25) is 5.91 Å². The first-order valence-corrected chi connectivity index (χ1v) is 11.7. The quantitative estimate of drug-likeness (QED) is 0.318. The smallest absolute Gasteiger partial charge is 0.255 e. The molecule has 3 aromatic carbocycles. The van der Waals surface area contributed by atoms with E-state index in [0.29, 0.717) is 33.5 Å². The SMILES string of the molecule is COc1ccc(CSCC(=O)N/N=C(/C)c2cccc(NC(=O)c3cccc(Cl)c3)c2)cc1. The van der Waals surface area contributed by atoms with Crippen molar-refractivity contribution < 1.29 is 14.3 Å². The second-order valence-electron chi connectivity index (χ2n) is 7.12. The fourth-order valence-electron chi connectivity index (χ4n) is 2.88. The lowest BCUT2D eigenvalue weighted by Crippen LogP contribution is -2.21. The number of carbonyl (C=O) groups excluding carboxylic acids is 2. The molecule has 3 aromatic rings. The number of rotatable bonds is 9. The van der Waals surface area contributed by atoms with Crippen LogP contribution in [0.5, 0.6) is 5.75 Å². The number of methoxy groups -OCH3 is 1. The van der Waals surface area contributed by atoms with Crippen molar-refractivity contribution in [2.75, 3.05) is 18.2 Å². The molecular formula is C25H24ClN3O3S.